The van der Waals surface area contributed by atoms with Gasteiger partial charge in [-0.3, -0.25) is 4.79 Å². The van der Waals surface area contributed by atoms with Crippen LogP contribution in [0.25, 0.3) is 10.8 Å². The lowest BCUT2D eigenvalue weighted by atomic mass is 10.1. The molecule has 3 nitrogen and oxygen atoms in total. The van der Waals surface area contributed by atoms with Gasteiger partial charge in [0.1, 0.15) is 11.6 Å². The van der Waals surface area contributed by atoms with Crippen molar-refractivity contribution in [1.29, 1.82) is 0 Å². The monoisotopic (exact) mass is 357 g/mol. The van der Waals surface area contributed by atoms with Crippen molar-refractivity contribution in [2.75, 3.05) is 14.2 Å². The first-order chi connectivity index (χ1) is 12.0. The summed E-state index contributed by atoms with van der Waals surface area (Å²) in [6, 6.07) is 15.7. The van der Waals surface area contributed by atoms with Gasteiger partial charge in [0.05, 0.1) is 12.7 Å². The first-order valence-corrected chi connectivity index (χ1v) is 8.13. The van der Waals surface area contributed by atoms with Crippen LogP contribution in [0.2, 0.25) is 5.02 Å². The first-order valence-electron chi connectivity index (χ1n) is 7.75. The van der Waals surface area contributed by atoms with Crippen molar-refractivity contribution in [3.63, 3.8) is 0 Å². The first kappa shape index (κ1) is 17.2. The summed E-state index contributed by atoms with van der Waals surface area (Å²) in [5.74, 6) is -0.189. The molecule has 0 unspecified atom stereocenters. The van der Waals surface area contributed by atoms with Gasteiger partial charge in [0, 0.05) is 18.6 Å². The molecule has 3 aromatic rings. The zero-order valence-corrected chi connectivity index (χ0v) is 14.7. The van der Waals surface area contributed by atoms with Gasteiger partial charge in [-0.05, 0) is 52.7 Å². The van der Waals surface area contributed by atoms with Crippen molar-refractivity contribution in [3.05, 3.63) is 76.6 Å². The van der Waals surface area contributed by atoms with Crippen molar-refractivity contribution >= 4 is 28.3 Å². The van der Waals surface area contributed by atoms with E-state index in [1.807, 2.05) is 36.4 Å². The van der Waals surface area contributed by atoms with E-state index < -0.39 is 11.7 Å². The van der Waals surface area contributed by atoms with E-state index in [0.717, 1.165) is 22.1 Å². The molecule has 0 aliphatic carbocycles. The molecule has 0 spiro atoms. The number of rotatable bonds is 4. The molecule has 0 heterocycles. The molecule has 0 fully saturated rings. The number of benzene rings is 3. The maximum Gasteiger partial charge on any atom is 0.256 e. The van der Waals surface area contributed by atoms with Gasteiger partial charge in [0.15, 0.2) is 0 Å². The van der Waals surface area contributed by atoms with Crippen LogP contribution in [0, 0.1) is 5.82 Å². The van der Waals surface area contributed by atoms with Gasteiger partial charge in [-0.2, -0.15) is 0 Å². The number of nitrogens with zero attached hydrogens (tertiary/aromatic N) is 1. The van der Waals surface area contributed by atoms with Gasteiger partial charge in [-0.15, -0.1) is 0 Å². The van der Waals surface area contributed by atoms with Gasteiger partial charge < -0.3 is 9.64 Å². The Morgan fingerprint density at radius 1 is 1.08 bits per heavy atom. The van der Waals surface area contributed by atoms with Crippen molar-refractivity contribution in [1.82, 2.24) is 4.90 Å². The maximum absolute atomic E-state index is 13.9. The SMILES string of the molecule is COc1ccc2cc(CN(C)C(=O)c3cc(Cl)ccc3F)ccc2c1. The smallest absolute Gasteiger partial charge is 0.256 e. The molecule has 3 rings (SSSR count). The van der Waals surface area contributed by atoms with Gasteiger partial charge in [0.25, 0.3) is 5.91 Å². The Kier molecular flexibility index (Phi) is 4.91. The van der Waals surface area contributed by atoms with E-state index in [1.165, 1.54) is 23.1 Å². The molecule has 0 atom stereocenters. The van der Waals surface area contributed by atoms with E-state index >= 15 is 0 Å². The molecule has 1 amide bonds. The van der Waals surface area contributed by atoms with Crippen LogP contribution in [0.5, 0.6) is 5.75 Å². The Morgan fingerprint density at radius 2 is 1.80 bits per heavy atom. The molecule has 5 heteroatoms. The summed E-state index contributed by atoms with van der Waals surface area (Å²) in [4.78, 5) is 14.0. The summed E-state index contributed by atoms with van der Waals surface area (Å²) in [6.07, 6.45) is 0. The third kappa shape index (κ3) is 3.74. The largest absolute Gasteiger partial charge is 0.497 e. The number of ether oxygens (including phenoxy) is 1. The molecule has 25 heavy (non-hydrogen) atoms. The molecule has 0 aliphatic heterocycles. The van der Waals surface area contributed by atoms with E-state index in [2.05, 4.69) is 0 Å². The number of methoxy groups -OCH3 is 1. The van der Waals surface area contributed by atoms with Crippen LogP contribution < -0.4 is 4.74 Å². The molecular formula is C20H17ClFNO2. The Labute approximate surface area is 150 Å². The lowest BCUT2D eigenvalue weighted by Gasteiger charge is -2.18. The highest BCUT2D eigenvalue weighted by Gasteiger charge is 2.17. The second kappa shape index (κ2) is 7.11. The number of carbonyl (C=O) groups excluding carboxylic acids is 1. The van der Waals surface area contributed by atoms with Gasteiger partial charge >= 0.3 is 0 Å². The normalized spacial score (nSPS) is 10.7. The van der Waals surface area contributed by atoms with Crippen LogP contribution in [-0.2, 0) is 6.54 Å². The minimum Gasteiger partial charge on any atom is -0.497 e. The summed E-state index contributed by atoms with van der Waals surface area (Å²) < 4.78 is 19.1. The van der Waals surface area contributed by atoms with Crippen LogP contribution in [0.3, 0.4) is 0 Å². The van der Waals surface area contributed by atoms with E-state index in [4.69, 9.17) is 16.3 Å². The molecule has 3 aromatic carbocycles. The molecular weight excluding hydrogens is 341 g/mol. The summed E-state index contributed by atoms with van der Waals surface area (Å²) in [6.45, 7) is 0.368. The lowest BCUT2D eigenvalue weighted by molar-refractivity contribution is 0.0780. The fourth-order valence-corrected chi connectivity index (χ4v) is 2.88. The highest BCUT2D eigenvalue weighted by Crippen LogP contribution is 2.23. The Balaban J connectivity index is 1.82. The van der Waals surface area contributed by atoms with Gasteiger partial charge in [-0.1, -0.05) is 29.8 Å². The van der Waals surface area contributed by atoms with Crippen molar-refractivity contribution < 1.29 is 13.9 Å². The Hall–Kier alpha value is -2.59. The molecule has 0 bridgehead atoms. The third-order valence-corrected chi connectivity index (χ3v) is 4.27. The summed E-state index contributed by atoms with van der Waals surface area (Å²) in [5, 5.41) is 2.43. The zero-order chi connectivity index (χ0) is 18.0. The number of fused-ring (bicyclic) bond motifs is 1. The molecule has 0 saturated heterocycles. The van der Waals surface area contributed by atoms with Crippen LogP contribution in [0.1, 0.15) is 15.9 Å². The number of amides is 1. The standard InChI is InChI=1S/C20H17ClFNO2/c1-23(20(24)18-11-16(21)6-8-19(18)22)12-13-3-4-15-10-17(25-2)7-5-14(15)9-13/h3-11H,12H2,1-2H3. The topological polar surface area (TPSA) is 29.5 Å². The minimum absolute atomic E-state index is 0.0273. The average molecular weight is 358 g/mol. The predicted molar refractivity (Wildman–Crippen MR) is 97.7 cm³/mol. The maximum atomic E-state index is 13.9. The molecule has 0 N–H and O–H groups in total. The van der Waals surface area contributed by atoms with Crippen molar-refractivity contribution in [3.8, 4) is 5.75 Å². The van der Waals surface area contributed by atoms with Crippen LogP contribution in [0.4, 0.5) is 4.39 Å². The van der Waals surface area contributed by atoms with Crippen LogP contribution in [-0.4, -0.2) is 25.0 Å². The average Bonchev–Trinajstić information content (AvgIpc) is 2.62. The second-order valence-electron chi connectivity index (χ2n) is 5.83. The van der Waals surface area contributed by atoms with Crippen LogP contribution >= 0.6 is 11.6 Å². The molecule has 0 aliphatic rings. The molecule has 0 radical (unpaired) electrons. The number of halogens is 2. The highest BCUT2D eigenvalue weighted by atomic mass is 35.5. The number of carbonyl (C=O) groups is 1. The summed E-state index contributed by atoms with van der Waals surface area (Å²) >= 11 is 5.87. The Bertz CT molecular complexity index is 942. The quantitative estimate of drug-likeness (QED) is 0.663. The fraction of sp³-hybridized carbons (Fsp3) is 0.150. The second-order valence-corrected chi connectivity index (χ2v) is 6.27. The van der Waals surface area contributed by atoms with Crippen molar-refractivity contribution in [2.24, 2.45) is 0 Å². The summed E-state index contributed by atoms with van der Waals surface area (Å²) in [7, 11) is 3.27. The summed E-state index contributed by atoms with van der Waals surface area (Å²) in [5.41, 5.74) is 0.927. The molecule has 128 valence electrons. The van der Waals surface area contributed by atoms with E-state index in [-0.39, 0.29) is 5.56 Å². The molecule has 0 saturated carbocycles. The highest BCUT2D eigenvalue weighted by molar-refractivity contribution is 6.31. The van der Waals surface area contributed by atoms with Gasteiger partial charge in [-0.25, -0.2) is 4.39 Å². The Morgan fingerprint density at radius 3 is 2.56 bits per heavy atom. The van der Waals surface area contributed by atoms with E-state index in [9.17, 15) is 9.18 Å². The van der Waals surface area contributed by atoms with E-state index in [1.54, 1.807) is 14.2 Å². The zero-order valence-electron chi connectivity index (χ0n) is 13.9. The minimum atomic E-state index is -0.577. The van der Waals surface area contributed by atoms with E-state index in [0.29, 0.717) is 11.6 Å². The van der Waals surface area contributed by atoms with Crippen molar-refractivity contribution in [2.45, 2.75) is 6.54 Å². The van der Waals surface area contributed by atoms with Crippen LogP contribution in [0.15, 0.2) is 54.6 Å². The van der Waals surface area contributed by atoms with Gasteiger partial charge in [0.2, 0.25) is 0 Å². The third-order valence-electron chi connectivity index (χ3n) is 4.04. The molecule has 0 aromatic heterocycles. The number of hydrogen-bond donors (Lipinski definition) is 0. The fourth-order valence-electron chi connectivity index (χ4n) is 2.71. The lowest BCUT2D eigenvalue weighted by Crippen LogP contribution is -2.27. The predicted octanol–water partition coefficient (Wildman–Crippen LogP) is 4.91. The number of hydrogen-bond acceptors (Lipinski definition) is 2.